The third-order valence-corrected chi connectivity index (χ3v) is 3.90. The van der Waals surface area contributed by atoms with Crippen LogP contribution in [0.5, 0.6) is 0 Å². The molecule has 0 radical (unpaired) electrons. The largest absolute Gasteiger partial charge is 0.369 e. The van der Waals surface area contributed by atoms with Gasteiger partial charge in [-0.1, -0.05) is 18.5 Å². The van der Waals surface area contributed by atoms with E-state index in [-0.39, 0.29) is 5.91 Å². The van der Waals surface area contributed by atoms with Gasteiger partial charge in [-0.3, -0.25) is 4.79 Å². The summed E-state index contributed by atoms with van der Waals surface area (Å²) in [6.07, 6.45) is 2.63. The number of benzene rings is 1. The fourth-order valence-electron chi connectivity index (χ4n) is 1.75. The molecule has 1 heterocycles. The quantitative estimate of drug-likeness (QED) is 0.711. The molecule has 2 rings (SSSR count). The Kier molecular flexibility index (Phi) is 5.81. The third-order valence-electron chi connectivity index (χ3n) is 2.77. The first-order valence-electron chi connectivity index (χ1n) is 6.57. The summed E-state index contributed by atoms with van der Waals surface area (Å²) >= 11 is 8.06. The van der Waals surface area contributed by atoms with E-state index in [0.717, 1.165) is 22.2 Å². The molecule has 0 bridgehead atoms. The number of rotatable bonds is 5. The van der Waals surface area contributed by atoms with Crippen LogP contribution in [0.1, 0.15) is 23.7 Å². The van der Waals surface area contributed by atoms with Gasteiger partial charge in [0.05, 0.1) is 11.3 Å². The summed E-state index contributed by atoms with van der Waals surface area (Å²) in [6, 6.07) is 8.84. The van der Waals surface area contributed by atoms with Gasteiger partial charge in [-0.2, -0.15) is 0 Å². The fraction of sp³-hybridized carbons (Fsp3) is 0.200. The Morgan fingerprint density at radius 2 is 2.19 bits per heavy atom. The van der Waals surface area contributed by atoms with Crippen molar-refractivity contribution < 1.29 is 4.79 Å². The van der Waals surface area contributed by atoms with Gasteiger partial charge in [0, 0.05) is 21.3 Å². The van der Waals surface area contributed by atoms with Crippen molar-refractivity contribution in [2.24, 2.45) is 0 Å². The molecule has 110 valence electrons. The van der Waals surface area contributed by atoms with Crippen LogP contribution in [0.15, 0.2) is 36.5 Å². The van der Waals surface area contributed by atoms with E-state index in [9.17, 15) is 4.79 Å². The monoisotopic (exact) mass is 415 g/mol. The molecular formula is C15H15ClIN3O. The van der Waals surface area contributed by atoms with Gasteiger partial charge in [0.2, 0.25) is 0 Å². The Bertz CT molecular complexity index is 649. The van der Waals surface area contributed by atoms with Crippen LogP contribution in [-0.4, -0.2) is 17.4 Å². The molecule has 0 aliphatic rings. The Labute approximate surface area is 142 Å². The molecule has 0 unspecified atom stereocenters. The van der Waals surface area contributed by atoms with E-state index in [4.69, 9.17) is 11.6 Å². The van der Waals surface area contributed by atoms with E-state index in [1.54, 1.807) is 36.5 Å². The summed E-state index contributed by atoms with van der Waals surface area (Å²) in [7, 11) is 0. The van der Waals surface area contributed by atoms with Gasteiger partial charge < -0.3 is 10.6 Å². The summed E-state index contributed by atoms with van der Waals surface area (Å²) in [5, 5.41) is 6.69. The zero-order chi connectivity index (χ0) is 15.2. The number of halogens is 2. The highest BCUT2D eigenvalue weighted by atomic mass is 127. The van der Waals surface area contributed by atoms with Crippen molar-refractivity contribution >= 4 is 51.6 Å². The summed E-state index contributed by atoms with van der Waals surface area (Å²) in [5.41, 5.74) is 1.26. The summed E-state index contributed by atoms with van der Waals surface area (Å²) < 4.78 is 0.889. The smallest absolute Gasteiger partial charge is 0.259 e. The topological polar surface area (TPSA) is 54.0 Å². The predicted octanol–water partition coefficient (Wildman–Crippen LogP) is 4.41. The lowest BCUT2D eigenvalue weighted by molar-refractivity contribution is 0.102. The molecule has 6 heteroatoms. The molecule has 1 amide bonds. The third kappa shape index (κ3) is 4.31. The molecule has 0 saturated carbocycles. The zero-order valence-electron chi connectivity index (χ0n) is 11.5. The number of aromatic nitrogens is 1. The first-order chi connectivity index (χ1) is 10.1. The lowest BCUT2D eigenvalue weighted by atomic mass is 10.2. The van der Waals surface area contributed by atoms with Gasteiger partial charge in [0.15, 0.2) is 0 Å². The van der Waals surface area contributed by atoms with Crippen LogP contribution in [0.3, 0.4) is 0 Å². The summed E-state index contributed by atoms with van der Waals surface area (Å²) in [5.74, 6) is 0.405. The first kappa shape index (κ1) is 16.0. The van der Waals surface area contributed by atoms with Crippen LogP contribution in [0, 0.1) is 3.57 Å². The predicted molar refractivity (Wildman–Crippen MR) is 95.1 cm³/mol. The Balaban J connectivity index is 2.20. The zero-order valence-corrected chi connectivity index (χ0v) is 14.4. The maximum atomic E-state index is 12.4. The van der Waals surface area contributed by atoms with E-state index in [1.807, 2.05) is 0 Å². The standard InChI is InChI=1S/C15H15ClIN3O/c1-2-7-18-14-11(4-3-8-19-14)15(21)20-13-6-5-10(16)9-12(13)17/h3-6,8-9H,2,7H2,1H3,(H,18,19)(H,20,21). The van der Waals surface area contributed by atoms with Crippen molar-refractivity contribution in [1.29, 1.82) is 0 Å². The van der Waals surface area contributed by atoms with Crippen LogP contribution < -0.4 is 10.6 Å². The molecule has 2 aromatic rings. The molecule has 0 spiro atoms. The highest BCUT2D eigenvalue weighted by molar-refractivity contribution is 14.1. The molecule has 1 aromatic carbocycles. The summed E-state index contributed by atoms with van der Waals surface area (Å²) in [6.45, 7) is 2.83. The van der Waals surface area contributed by atoms with Gasteiger partial charge in [0.1, 0.15) is 5.82 Å². The van der Waals surface area contributed by atoms with Crippen LogP contribution in [0.4, 0.5) is 11.5 Å². The minimum Gasteiger partial charge on any atom is -0.369 e. The minimum absolute atomic E-state index is 0.193. The second-order valence-corrected chi connectivity index (χ2v) is 6.00. The number of hydrogen-bond acceptors (Lipinski definition) is 3. The number of nitrogens with zero attached hydrogens (tertiary/aromatic N) is 1. The molecule has 21 heavy (non-hydrogen) atoms. The minimum atomic E-state index is -0.193. The lowest BCUT2D eigenvalue weighted by Crippen LogP contribution is -2.16. The average molecular weight is 416 g/mol. The van der Waals surface area contributed by atoms with Crippen LogP contribution in [-0.2, 0) is 0 Å². The Morgan fingerprint density at radius 1 is 1.38 bits per heavy atom. The van der Waals surface area contributed by atoms with Crippen molar-refractivity contribution in [3.05, 3.63) is 50.7 Å². The highest BCUT2D eigenvalue weighted by Gasteiger charge is 2.13. The van der Waals surface area contributed by atoms with Gasteiger partial charge in [0.25, 0.3) is 5.91 Å². The maximum Gasteiger partial charge on any atom is 0.259 e. The first-order valence-corrected chi connectivity index (χ1v) is 8.02. The molecular weight excluding hydrogens is 401 g/mol. The maximum absolute atomic E-state index is 12.4. The summed E-state index contributed by atoms with van der Waals surface area (Å²) in [4.78, 5) is 16.6. The molecule has 2 N–H and O–H groups in total. The van der Waals surface area contributed by atoms with Crippen molar-refractivity contribution in [3.63, 3.8) is 0 Å². The van der Waals surface area contributed by atoms with Gasteiger partial charge in [-0.15, -0.1) is 0 Å². The second-order valence-electron chi connectivity index (χ2n) is 4.40. The van der Waals surface area contributed by atoms with Crippen molar-refractivity contribution in [3.8, 4) is 0 Å². The molecule has 0 aliphatic heterocycles. The Morgan fingerprint density at radius 3 is 2.90 bits per heavy atom. The molecule has 1 aromatic heterocycles. The fourth-order valence-corrected chi connectivity index (χ4v) is 2.76. The van der Waals surface area contributed by atoms with Gasteiger partial charge in [-0.25, -0.2) is 4.98 Å². The normalized spacial score (nSPS) is 10.2. The van der Waals surface area contributed by atoms with Crippen molar-refractivity contribution in [1.82, 2.24) is 4.98 Å². The van der Waals surface area contributed by atoms with Gasteiger partial charge in [-0.05, 0) is 59.3 Å². The molecule has 0 atom stereocenters. The average Bonchev–Trinajstić information content (AvgIpc) is 2.48. The molecule has 0 aliphatic carbocycles. The number of nitrogens with one attached hydrogen (secondary N) is 2. The number of hydrogen-bond donors (Lipinski definition) is 2. The lowest BCUT2D eigenvalue weighted by Gasteiger charge is -2.11. The van der Waals surface area contributed by atoms with E-state index in [1.165, 1.54) is 0 Å². The number of anilines is 2. The number of amides is 1. The van der Waals surface area contributed by atoms with Crippen molar-refractivity contribution in [2.45, 2.75) is 13.3 Å². The number of pyridine rings is 1. The van der Waals surface area contributed by atoms with Crippen LogP contribution in [0.2, 0.25) is 5.02 Å². The molecule has 0 fully saturated rings. The van der Waals surface area contributed by atoms with E-state index >= 15 is 0 Å². The number of carbonyl (C=O) groups is 1. The van der Waals surface area contributed by atoms with E-state index in [2.05, 4.69) is 45.1 Å². The van der Waals surface area contributed by atoms with E-state index < -0.39 is 0 Å². The Hall–Kier alpha value is -1.34. The molecule has 4 nitrogen and oxygen atoms in total. The van der Waals surface area contributed by atoms with Gasteiger partial charge >= 0.3 is 0 Å². The number of carbonyl (C=O) groups excluding carboxylic acids is 1. The van der Waals surface area contributed by atoms with Crippen LogP contribution >= 0.6 is 34.2 Å². The van der Waals surface area contributed by atoms with Crippen LogP contribution in [0.25, 0.3) is 0 Å². The van der Waals surface area contributed by atoms with E-state index in [0.29, 0.717) is 16.4 Å². The second kappa shape index (κ2) is 7.61. The molecule has 0 saturated heterocycles. The SMILES string of the molecule is CCCNc1ncccc1C(=O)Nc1ccc(Cl)cc1I. The van der Waals surface area contributed by atoms with Crippen molar-refractivity contribution in [2.75, 3.05) is 17.2 Å². The highest BCUT2D eigenvalue weighted by Crippen LogP contribution is 2.23.